The summed E-state index contributed by atoms with van der Waals surface area (Å²) in [6.45, 7) is 4.29. The van der Waals surface area contributed by atoms with Crippen molar-refractivity contribution in [3.63, 3.8) is 0 Å². The lowest BCUT2D eigenvalue weighted by Crippen LogP contribution is -2.49. The Morgan fingerprint density at radius 1 is 1.12 bits per heavy atom. The Kier molecular flexibility index (Phi) is 7.12. The van der Waals surface area contributed by atoms with E-state index in [0.29, 0.717) is 37.6 Å². The molecule has 1 aliphatic heterocycles. The predicted molar refractivity (Wildman–Crippen MR) is 140 cm³/mol. The summed E-state index contributed by atoms with van der Waals surface area (Å²) >= 11 is 0. The molecule has 2 N–H and O–H groups in total. The van der Waals surface area contributed by atoms with Gasteiger partial charge in [-0.1, -0.05) is 13.0 Å². The van der Waals surface area contributed by atoms with Gasteiger partial charge >= 0.3 is 6.18 Å². The van der Waals surface area contributed by atoms with Gasteiger partial charge in [0.2, 0.25) is 5.91 Å². The van der Waals surface area contributed by atoms with Crippen molar-refractivity contribution in [2.45, 2.75) is 62.3 Å². The zero-order valence-corrected chi connectivity index (χ0v) is 23.1. The van der Waals surface area contributed by atoms with E-state index in [0.717, 1.165) is 18.4 Å². The third-order valence-electron chi connectivity index (χ3n) is 8.27. The minimum Gasteiger partial charge on any atom is -0.385 e. The van der Waals surface area contributed by atoms with Gasteiger partial charge in [-0.25, -0.2) is 12.8 Å². The van der Waals surface area contributed by atoms with Crippen molar-refractivity contribution >= 4 is 27.3 Å². The van der Waals surface area contributed by atoms with Gasteiger partial charge in [0, 0.05) is 30.1 Å². The molecule has 3 fully saturated rings. The van der Waals surface area contributed by atoms with Crippen LogP contribution in [0.25, 0.3) is 0 Å². The predicted octanol–water partition coefficient (Wildman–Crippen LogP) is 4.80. The quantitative estimate of drug-likeness (QED) is 0.437. The SMILES string of the molecule is CCNc1ccc(S(C)(=O)=O)cc1C(=O)N1[C@@H]2[C@H](C)[C@@H]2C[C@@H]1C(=O)N[C@@H](c1ccc(C(F)(F)F)cc1F)C1CC1. The molecule has 0 radical (unpaired) electrons. The van der Waals surface area contributed by atoms with E-state index in [-0.39, 0.29) is 39.8 Å². The first-order chi connectivity index (χ1) is 18.7. The average Bonchev–Trinajstić information content (AvgIpc) is 3.78. The molecule has 1 saturated heterocycles. The van der Waals surface area contributed by atoms with Gasteiger partial charge in [0.25, 0.3) is 5.91 Å². The molecule has 216 valence electrons. The zero-order chi connectivity index (χ0) is 29.1. The highest BCUT2D eigenvalue weighted by Gasteiger charge is 2.62. The second-order valence-electron chi connectivity index (χ2n) is 11.0. The molecule has 5 rings (SSSR count). The lowest BCUT2D eigenvalue weighted by molar-refractivity contribution is -0.137. The summed E-state index contributed by atoms with van der Waals surface area (Å²) in [5.74, 6) is -1.92. The normalized spacial score (nSPS) is 24.8. The van der Waals surface area contributed by atoms with Gasteiger partial charge in [-0.05, 0) is 74.3 Å². The summed E-state index contributed by atoms with van der Waals surface area (Å²) in [6, 6.07) is 4.66. The van der Waals surface area contributed by atoms with E-state index in [1.54, 1.807) is 0 Å². The summed E-state index contributed by atoms with van der Waals surface area (Å²) in [5, 5.41) is 5.91. The molecule has 1 heterocycles. The summed E-state index contributed by atoms with van der Waals surface area (Å²) < 4.78 is 78.5. The number of fused-ring (bicyclic) bond motifs is 1. The maximum atomic E-state index is 14.9. The molecule has 7 nitrogen and oxygen atoms in total. The summed E-state index contributed by atoms with van der Waals surface area (Å²) in [7, 11) is -3.61. The largest absolute Gasteiger partial charge is 0.416 e. The molecule has 0 aromatic heterocycles. The summed E-state index contributed by atoms with van der Waals surface area (Å²) in [5.41, 5.74) is -0.550. The lowest BCUT2D eigenvalue weighted by Gasteiger charge is -2.31. The van der Waals surface area contributed by atoms with Crippen LogP contribution in [0.1, 0.15) is 60.6 Å². The van der Waals surface area contributed by atoms with Crippen LogP contribution in [0, 0.1) is 23.6 Å². The van der Waals surface area contributed by atoms with Gasteiger partial charge in [-0.2, -0.15) is 13.2 Å². The van der Waals surface area contributed by atoms with Gasteiger partial charge in [-0.15, -0.1) is 0 Å². The number of carbonyl (C=O) groups is 2. The van der Waals surface area contributed by atoms with Crippen molar-refractivity contribution in [2.75, 3.05) is 18.1 Å². The van der Waals surface area contributed by atoms with Gasteiger partial charge in [-0.3, -0.25) is 9.59 Å². The van der Waals surface area contributed by atoms with E-state index in [4.69, 9.17) is 0 Å². The molecule has 2 aromatic rings. The molecular weight excluding hydrogens is 550 g/mol. The minimum atomic E-state index is -4.69. The third-order valence-corrected chi connectivity index (χ3v) is 9.38. The Morgan fingerprint density at radius 2 is 1.82 bits per heavy atom. The van der Waals surface area contributed by atoms with E-state index >= 15 is 0 Å². The van der Waals surface area contributed by atoms with E-state index in [2.05, 4.69) is 10.6 Å². The van der Waals surface area contributed by atoms with Gasteiger partial charge in [0.15, 0.2) is 9.84 Å². The van der Waals surface area contributed by atoms with Crippen molar-refractivity contribution in [1.29, 1.82) is 0 Å². The van der Waals surface area contributed by atoms with Crippen LogP contribution in [0.2, 0.25) is 0 Å². The molecule has 0 spiro atoms. The number of carbonyl (C=O) groups excluding carboxylic acids is 2. The van der Waals surface area contributed by atoms with Crippen LogP contribution in [0.4, 0.5) is 23.2 Å². The highest BCUT2D eigenvalue weighted by atomic mass is 32.2. The fourth-order valence-corrected chi connectivity index (χ4v) is 6.57. The molecule has 2 aromatic carbocycles. The first-order valence-corrected chi connectivity index (χ1v) is 15.2. The molecule has 2 aliphatic carbocycles. The highest BCUT2D eigenvalue weighted by Crippen LogP contribution is 2.54. The summed E-state index contributed by atoms with van der Waals surface area (Å²) in [4.78, 5) is 29.1. The fraction of sp³-hybridized carbons (Fsp3) is 0.500. The number of hydrogen-bond acceptors (Lipinski definition) is 5. The average molecular weight is 582 g/mol. The number of nitrogens with zero attached hydrogens (tertiary/aromatic N) is 1. The number of likely N-dealkylation sites (tertiary alicyclic amines) is 1. The van der Waals surface area contributed by atoms with Crippen LogP contribution in [-0.4, -0.2) is 50.0 Å². The van der Waals surface area contributed by atoms with Crippen LogP contribution in [0.5, 0.6) is 0 Å². The molecule has 12 heteroatoms. The van der Waals surface area contributed by atoms with E-state index in [1.807, 2.05) is 13.8 Å². The number of sulfone groups is 1. The van der Waals surface area contributed by atoms with Crippen molar-refractivity contribution in [1.82, 2.24) is 10.2 Å². The fourth-order valence-electron chi connectivity index (χ4n) is 5.92. The first-order valence-electron chi connectivity index (χ1n) is 13.3. The number of halogens is 4. The number of rotatable bonds is 8. The Bertz CT molecular complexity index is 1460. The van der Waals surface area contributed by atoms with Crippen LogP contribution in [0.3, 0.4) is 0 Å². The first kappa shape index (κ1) is 28.4. The highest BCUT2D eigenvalue weighted by molar-refractivity contribution is 7.90. The lowest BCUT2D eigenvalue weighted by atomic mass is 9.98. The van der Waals surface area contributed by atoms with Gasteiger partial charge in [0.1, 0.15) is 11.9 Å². The second kappa shape index (κ2) is 10.0. The van der Waals surface area contributed by atoms with E-state index in [9.17, 15) is 35.6 Å². The molecule has 3 aliphatic rings. The van der Waals surface area contributed by atoms with Crippen molar-refractivity contribution in [2.24, 2.45) is 17.8 Å². The molecule has 0 bridgehead atoms. The van der Waals surface area contributed by atoms with Crippen LogP contribution in [0.15, 0.2) is 41.3 Å². The second-order valence-corrected chi connectivity index (χ2v) is 13.1. The smallest absolute Gasteiger partial charge is 0.385 e. The molecule has 2 amide bonds. The molecule has 40 heavy (non-hydrogen) atoms. The monoisotopic (exact) mass is 581 g/mol. The Labute approximate surface area is 230 Å². The minimum absolute atomic E-state index is 0.0199. The standard InChI is InChI=1S/C28H31F4N3O4S/c1-4-33-22-10-8-17(40(3,38)39)12-20(22)27(37)35-23(13-19-14(2)25(19)35)26(36)34-24(15-5-6-15)18-9-7-16(11-21(18)29)28(30,31)32/h7-12,14-15,19,23-25,33H,4-6,13H2,1-3H3,(H,34,36)/t14-,19+,23-,24-,25-/m1/s1. The van der Waals surface area contributed by atoms with Gasteiger partial charge in [0.05, 0.1) is 22.1 Å². The zero-order valence-electron chi connectivity index (χ0n) is 22.3. The number of anilines is 1. The topological polar surface area (TPSA) is 95.6 Å². The Hall–Kier alpha value is -3.15. The molecule has 0 unspecified atom stereocenters. The Balaban J connectivity index is 1.44. The third kappa shape index (κ3) is 5.29. The van der Waals surface area contributed by atoms with Crippen LogP contribution < -0.4 is 10.6 Å². The molecule has 5 atom stereocenters. The van der Waals surface area contributed by atoms with Crippen molar-refractivity contribution in [3.05, 3.63) is 58.9 Å². The van der Waals surface area contributed by atoms with Crippen LogP contribution in [-0.2, 0) is 20.8 Å². The Morgan fingerprint density at radius 3 is 2.40 bits per heavy atom. The van der Waals surface area contributed by atoms with Crippen molar-refractivity contribution in [3.8, 4) is 0 Å². The van der Waals surface area contributed by atoms with Crippen LogP contribution >= 0.6 is 0 Å². The number of hydrogen-bond donors (Lipinski definition) is 2. The number of amides is 2. The van der Waals surface area contributed by atoms with E-state index < -0.39 is 51.3 Å². The number of benzene rings is 2. The maximum Gasteiger partial charge on any atom is 0.416 e. The number of alkyl halides is 3. The van der Waals surface area contributed by atoms with Gasteiger partial charge < -0.3 is 15.5 Å². The van der Waals surface area contributed by atoms with E-state index in [1.165, 1.54) is 23.1 Å². The molecule has 2 saturated carbocycles. The van der Waals surface area contributed by atoms with Crippen molar-refractivity contribution < 1.29 is 35.6 Å². The molecular formula is C28H31F4N3O4S. The summed E-state index contributed by atoms with van der Waals surface area (Å²) in [6.07, 6.45) is -1.89. The number of piperidine rings is 1. The maximum absolute atomic E-state index is 14.9. The number of nitrogens with one attached hydrogen (secondary N) is 2.